The van der Waals surface area contributed by atoms with Crippen molar-refractivity contribution in [1.29, 1.82) is 0 Å². The van der Waals surface area contributed by atoms with Crippen molar-refractivity contribution in [3.8, 4) is 0 Å². The SMILES string of the molecule is COC(=O)[C@H]1CS(=O)(=O)CN1S(C)(=O)=O. The molecule has 1 rings (SSSR count). The van der Waals surface area contributed by atoms with Crippen LogP contribution in [0, 0.1) is 0 Å². The number of sulfone groups is 1. The molecule has 0 aromatic carbocycles. The van der Waals surface area contributed by atoms with E-state index in [2.05, 4.69) is 4.74 Å². The van der Waals surface area contributed by atoms with Crippen molar-refractivity contribution >= 4 is 25.8 Å². The van der Waals surface area contributed by atoms with Crippen LogP contribution in [0.3, 0.4) is 0 Å². The van der Waals surface area contributed by atoms with Crippen LogP contribution in [-0.2, 0) is 29.4 Å². The summed E-state index contributed by atoms with van der Waals surface area (Å²) in [5, 5.41) is 0. The minimum atomic E-state index is -3.72. The number of esters is 1. The van der Waals surface area contributed by atoms with Crippen molar-refractivity contribution in [1.82, 2.24) is 4.31 Å². The van der Waals surface area contributed by atoms with Gasteiger partial charge in [-0.15, -0.1) is 0 Å². The third kappa shape index (κ3) is 2.67. The number of nitrogens with zero attached hydrogens (tertiary/aromatic N) is 1. The molecule has 0 N–H and O–H groups in total. The maximum Gasteiger partial charge on any atom is 0.325 e. The van der Waals surface area contributed by atoms with Crippen LogP contribution in [0.4, 0.5) is 0 Å². The highest BCUT2D eigenvalue weighted by Gasteiger charge is 2.45. The van der Waals surface area contributed by atoms with Gasteiger partial charge in [0.15, 0.2) is 9.84 Å². The van der Waals surface area contributed by atoms with E-state index >= 15 is 0 Å². The average Bonchev–Trinajstić information content (AvgIpc) is 2.39. The number of hydrogen-bond acceptors (Lipinski definition) is 6. The van der Waals surface area contributed by atoms with Crippen LogP contribution in [-0.4, -0.2) is 58.1 Å². The molecule has 0 aromatic heterocycles. The summed E-state index contributed by atoms with van der Waals surface area (Å²) in [6.07, 6.45) is 0.851. The molecular weight excluding hydrogens is 246 g/mol. The summed E-state index contributed by atoms with van der Waals surface area (Å²) in [6.45, 7) is 0. The second-order valence-corrected chi connectivity index (χ2v) is 7.24. The van der Waals surface area contributed by atoms with E-state index in [9.17, 15) is 21.6 Å². The van der Waals surface area contributed by atoms with Crippen molar-refractivity contribution in [2.24, 2.45) is 0 Å². The fourth-order valence-electron chi connectivity index (χ4n) is 1.31. The van der Waals surface area contributed by atoms with Gasteiger partial charge in [0.05, 0.1) is 19.1 Å². The molecule has 1 aliphatic heterocycles. The van der Waals surface area contributed by atoms with Gasteiger partial charge in [0.25, 0.3) is 0 Å². The van der Waals surface area contributed by atoms with Crippen LogP contribution < -0.4 is 0 Å². The lowest BCUT2D eigenvalue weighted by molar-refractivity contribution is -0.143. The quantitative estimate of drug-likeness (QED) is 0.540. The van der Waals surface area contributed by atoms with Crippen molar-refractivity contribution in [2.45, 2.75) is 6.04 Å². The van der Waals surface area contributed by atoms with E-state index in [1.165, 1.54) is 0 Å². The summed E-state index contributed by atoms with van der Waals surface area (Å²) in [5.41, 5.74) is 0. The van der Waals surface area contributed by atoms with Crippen molar-refractivity contribution in [3.05, 3.63) is 0 Å². The largest absolute Gasteiger partial charge is 0.468 e. The summed E-state index contributed by atoms with van der Waals surface area (Å²) < 4.78 is 49.8. The molecule has 88 valence electrons. The fourth-order valence-corrected chi connectivity index (χ4v) is 4.74. The third-order valence-corrected chi connectivity index (χ3v) is 4.88. The van der Waals surface area contributed by atoms with E-state index in [0.29, 0.717) is 4.31 Å². The molecule has 1 heterocycles. The van der Waals surface area contributed by atoms with E-state index < -0.39 is 43.5 Å². The summed E-state index contributed by atoms with van der Waals surface area (Å²) in [6, 6.07) is -1.25. The zero-order valence-corrected chi connectivity index (χ0v) is 9.84. The number of methoxy groups -OCH3 is 1. The standard InChI is InChI=1S/C6H11NO6S2/c1-13-6(8)5-3-15(11,12)4-7(5)14(2,9)10/h5H,3-4H2,1-2H3/t5-/m1/s1. The first-order valence-corrected chi connectivity index (χ1v) is 7.59. The first-order chi connectivity index (χ1) is 6.67. The highest BCUT2D eigenvalue weighted by Crippen LogP contribution is 2.19. The summed E-state index contributed by atoms with van der Waals surface area (Å²) in [5.74, 6) is -2.04. The molecule has 0 aromatic rings. The molecule has 15 heavy (non-hydrogen) atoms. The Morgan fingerprint density at radius 2 is 2.00 bits per heavy atom. The van der Waals surface area contributed by atoms with Gasteiger partial charge in [-0.1, -0.05) is 0 Å². The molecule has 0 amide bonds. The third-order valence-electron chi connectivity index (χ3n) is 1.98. The van der Waals surface area contributed by atoms with Gasteiger partial charge in [-0.2, -0.15) is 4.31 Å². The Hall–Kier alpha value is -0.670. The molecule has 0 spiro atoms. The van der Waals surface area contributed by atoms with Gasteiger partial charge in [-0.25, -0.2) is 16.8 Å². The molecule has 1 saturated heterocycles. The number of hydrogen-bond donors (Lipinski definition) is 0. The molecule has 0 saturated carbocycles. The molecule has 1 fully saturated rings. The molecular formula is C6H11NO6S2. The number of ether oxygens (including phenoxy) is 1. The summed E-state index contributed by atoms with van der Waals surface area (Å²) >= 11 is 0. The van der Waals surface area contributed by atoms with Crippen molar-refractivity contribution in [2.75, 3.05) is 25.0 Å². The predicted molar refractivity (Wildman–Crippen MR) is 51.1 cm³/mol. The van der Waals surface area contributed by atoms with E-state index in [-0.39, 0.29) is 0 Å². The Morgan fingerprint density at radius 3 is 2.40 bits per heavy atom. The summed E-state index contributed by atoms with van der Waals surface area (Å²) in [4.78, 5) is 11.2. The maximum absolute atomic E-state index is 11.2. The van der Waals surface area contributed by atoms with E-state index in [1.807, 2.05) is 0 Å². The number of rotatable bonds is 2. The Balaban J connectivity index is 3.11. The lowest BCUT2D eigenvalue weighted by atomic mass is 10.3. The first kappa shape index (κ1) is 12.4. The van der Waals surface area contributed by atoms with Crippen LogP contribution in [0.1, 0.15) is 0 Å². The smallest absolute Gasteiger partial charge is 0.325 e. The van der Waals surface area contributed by atoms with Gasteiger partial charge in [0.1, 0.15) is 11.9 Å². The van der Waals surface area contributed by atoms with Crippen LogP contribution in [0.25, 0.3) is 0 Å². The Bertz CT molecular complexity index is 464. The monoisotopic (exact) mass is 257 g/mol. The van der Waals surface area contributed by atoms with Crippen molar-refractivity contribution in [3.63, 3.8) is 0 Å². The molecule has 9 heteroatoms. The first-order valence-electron chi connectivity index (χ1n) is 3.92. The van der Waals surface area contributed by atoms with Gasteiger partial charge in [0.2, 0.25) is 10.0 Å². The van der Waals surface area contributed by atoms with Crippen LogP contribution in [0.2, 0.25) is 0 Å². The number of sulfonamides is 1. The molecule has 0 unspecified atom stereocenters. The number of carbonyl (C=O) groups excluding carboxylic acids is 1. The average molecular weight is 257 g/mol. The molecule has 0 bridgehead atoms. The Labute approximate surface area is 88.0 Å². The normalized spacial score (nSPS) is 26.4. The topological polar surface area (TPSA) is 97.8 Å². The second-order valence-electron chi connectivity index (χ2n) is 3.23. The van der Waals surface area contributed by atoms with Gasteiger partial charge < -0.3 is 4.74 Å². The zero-order valence-electron chi connectivity index (χ0n) is 8.20. The lowest BCUT2D eigenvalue weighted by Gasteiger charge is -2.17. The molecule has 1 aliphatic rings. The van der Waals surface area contributed by atoms with Crippen molar-refractivity contribution < 1.29 is 26.4 Å². The van der Waals surface area contributed by atoms with Crippen LogP contribution >= 0.6 is 0 Å². The fraction of sp³-hybridized carbons (Fsp3) is 0.833. The Kier molecular flexibility index (Phi) is 3.08. The molecule has 0 radical (unpaired) electrons. The van der Waals surface area contributed by atoms with Gasteiger partial charge in [-0.3, -0.25) is 4.79 Å². The molecule has 7 nitrogen and oxygen atoms in total. The number of carbonyl (C=O) groups is 1. The Morgan fingerprint density at radius 1 is 1.47 bits per heavy atom. The van der Waals surface area contributed by atoms with E-state index in [1.54, 1.807) is 0 Å². The highest BCUT2D eigenvalue weighted by molar-refractivity contribution is 7.94. The van der Waals surface area contributed by atoms with Gasteiger partial charge in [-0.05, 0) is 0 Å². The molecule has 1 atom stereocenters. The predicted octanol–water partition coefficient (Wildman–Crippen LogP) is -1.82. The van der Waals surface area contributed by atoms with Gasteiger partial charge >= 0.3 is 5.97 Å². The summed E-state index contributed by atoms with van der Waals surface area (Å²) in [7, 11) is -6.18. The lowest BCUT2D eigenvalue weighted by Crippen LogP contribution is -2.41. The molecule has 0 aliphatic carbocycles. The zero-order chi connectivity index (χ0) is 11.9. The van der Waals surface area contributed by atoms with Crippen LogP contribution in [0.15, 0.2) is 0 Å². The highest BCUT2D eigenvalue weighted by atomic mass is 32.2. The minimum absolute atomic E-state index is 0.521. The maximum atomic E-state index is 11.2. The van der Waals surface area contributed by atoms with E-state index in [0.717, 1.165) is 13.4 Å². The van der Waals surface area contributed by atoms with Crippen LogP contribution in [0.5, 0.6) is 0 Å². The second kappa shape index (κ2) is 3.72. The van der Waals surface area contributed by atoms with Gasteiger partial charge in [0, 0.05) is 0 Å². The minimum Gasteiger partial charge on any atom is -0.468 e. The van der Waals surface area contributed by atoms with E-state index in [4.69, 9.17) is 0 Å².